The summed E-state index contributed by atoms with van der Waals surface area (Å²) in [6, 6.07) is 0.0127. The van der Waals surface area contributed by atoms with Gasteiger partial charge in [-0.1, -0.05) is 0 Å². The number of nitrogens with zero attached hydrogens (tertiary/aromatic N) is 4. The third-order valence-electron chi connectivity index (χ3n) is 4.37. The maximum absolute atomic E-state index is 12.1. The Morgan fingerprint density at radius 3 is 2.57 bits per heavy atom. The van der Waals surface area contributed by atoms with Crippen molar-refractivity contribution in [1.82, 2.24) is 24.9 Å². The topological polar surface area (TPSA) is 53.4 Å². The van der Waals surface area contributed by atoms with Crippen LogP contribution in [0.5, 0.6) is 0 Å². The Hall–Kier alpha value is -1.40. The molecule has 1 aromatic heterocycles. The molecule has 1 aromatic rings. The summed E-state index contributed by atoms with van der Waals surface area (Å²) < 4.78 is 1.84. The molecule has 1 N–H and O–H groups in total. The molecule has 2 rings (SSSR count). The fourth-order valence-corrected chi connectivity index (χ4v) is 2.66. The molecule has 1 aliphatic heterocycles. The number of likely N-dealkylation sites (N-methyl/N-ethyl adjacent to an activating group) is 1. The largest absolute Gasteiger partial charge is 0.349 e. The summed E-state index contributed by atoms with van der Waals surface area (Å²) in [5.41, 5.74) is 2.19. The van der Waals surface area contributed by atoms with E-state index in [4.69, 9.17) is 0 Å². The zero-order valence-corrected chi connectivity index (χ0v) is 13.6. The molecule has 1 fully saturated rings. The van der Waals surface area contributed by atoms with Gasteiger partial charge < -0.3 is 15.1 Å². The van der Waals surface area contributed by atoms with E-state index in [9.17, 15) is 4.79 Å². The van der Waals surface area contributed by atoms with E-state index in [2.05, 4.69) is 27.3 Å². The summed E-state index contributed by atoms with van der Waals surface area (Å²) in [4.78, 5) is 16.8. The number of amides is 1. The molecule has 1 atom stereocenters. The van der Waals surface area contributed by atoms with Crippen molar-refractivity contribution < 1.29 is 4.79 Å². The average molecular weight is 293 g/mol. The lowest BCUT2D eigenvalue weighted by Gasteiger charge is -2.32. The molecule has 21 heavy (non-hydrogen) atoms. The van der Waals surface area contributed by atoms with Crippen LogP contribution in [0.2, 0.25) is 0 Å². The van der Waals surface area contributed by atoms with Gasteiger partial charge in [0.05, 0.1) is 12.2 Å². The molecule has 2 heterocycles. The molecule has 6 nitrogen and oxygen atoms in total. The molecule has 0 bridgehead atoms. The Morgan fingerprint density at radius 1 is 1.33 bits per heavy atom. The first-order chi connectivity index (χ1) is 9.97. The van der Waals surface area contributed by atoms with Crippen LogP contribution >= 0.6 is 0 Å². The summed E-state index contributed by atoms with van der Waals surface area (Å²) in [5, 5.41) is 7.29. The average Bonchev–Trinajstić information content (AvgIpc) is 2.78. The number of carbonyl (C=O) groups is 1. The lowest BCUT2D eigenvalue weighted by atomic mass is 10.1. The number of piperazine rings is 1. The van der Waals surface area contributed by atoms with Crippen LogP contribution in [0.15, 0.2) is 6.20 Å². The minimum atomic E-state index is 0.0127. The first-order valence-corrected chi connectivity index (χ1v) is 7.66. The van der Waals surface area contributed by atoms with Gasteiger partial charge in [0.25, 0.3) is 0 Å². The van der Waals surface area contributed by atoms with Gasteiger partial charge >= 0.3 is 0 Å². The molecule has 1 aliphatic rings. The smallest absolute Gasteiger partial charge is 0.221 e. The Balaban J connectivity index is 1.75. The number of rotatable bonds is 5. The number of hydrogen-bond acceptors (Lipinski definition) is 4. The van der Waals surface area contributed by atoms with Crippen LogP contribution in [0.3, 0.4) is 0 Å². The summed E-state index contributed by atoms with van der Waals surface area (Å²) in [7, 11) is 4.06. The van der Waals surface area contributed by atoms with E-state index in [1.807, 2.05) is 31.8 Å². The summed E-state index contributed by atoms with van der Waals surface area (Å²) >= 11 is 0. The van der Waals surface area contributed by atoms with Gasteiger partial charge in [0, 0.05) is 57.4 Å². The molecule has 0 spiro atoms. The molecule has 1 amide bonds. The van der Waals surface area contributed by atoms with Gasteiger partial charge in [0.1, 0.15) is 0 Å². The first-order valence-electron chi connectivity index (χ1n) is 7.66. The summed E-state index contributed by atoms with van der Waals surface area (Å²) in [6.07, 6.45) is 2.40. The Morgan fingerprint density at radius 2 is 2.00 bits per heavy atom. The standard InChI is InChI=1S/C15H27N5O/c1-12(14-11-16-19(4)13(14)2)17-15(21)5-6-20-9-7-18(3)8-10-20/h11-12H,5-10H2,1-4H3,(H,17,21)/t12-/m1/s1. The molecule has 0 unspecified atom stereocenters. The van der Waals surface area contributed by atoms with Crippen molar-refractivity contribution >= 4 is 5.91 Å². The van der Waals surface area contributed by atoms with E-state index in [0.29, 0.717) is 6.42 Å². The maximum Gasteiger partial charge on any atom is 0.221 e. The van der Waals surface area contributed by atoms with E-state index in [0.717, 1.165) is 44.0 Å². The first kappa shape index (κ1) is 16.0. The second-order valence-electron chi connectivity index (χ2n) is 5.99. The number of hydrogen-bond donors (Lipinski definition) is 1. The zero-order chi connectivity index (χ0) is 15.4. The van der Waals surface area contributed by atoms with Crippen molar-refractivity contribution in [3.8, 4) is 0 Å². The summed E-state index contributed by atoms with van der Waals surface area (Å²) in [5.74, 6) is 0.115. The van der Waals surface area contributed by atoms with Gasteiger partial charge in [-0.25, -0.2) is 0 Å². The molecular formula is C15H27N5O. The molecule has 118 valence electrons. The van der Waals surface area contributed by atoms with Crippen molar-refractivity contribution in [3.63, 3.8) is 0 Å². The molecule has 0 aliphatic carbocycles. The monoisotopic (exact) mass is 293 g/mol. The second-order valence-corrected chi connectivity index (χ2v) is 5.99. The highest BCUT2D eigenvalue weighted by Crippen LogP contribution is 2.16. The van der Waals surface area contributed by atoms with Crippen LogP contribution in [-0.4, -0.2) is 65.3 Å². The molecule has 0 aromatic carbocycles. The van der Waals surface area contributed by atoms with E-state index in [1.54, 1.807) is 0 Å². The van der Waals surface area contributed by atoms with Crippen molar-refractivity contribution in [3.05, 3.63) is 17.5 Å². The minimum absolute atomic E-state index is 0.0127. The van der Waals surface area contributed by atoms with E-state index < -0.39 is 0 Å². The fourth-order valence-electron chi connectivity index (χ4n) is 2.66. The number of aromatic nitrogens is 2. The SMILES string of the molecule is Cc1c([C@@H](C)NC(=O)CCN2CCN(C)CC2)cnn1C. The second kappa shape index (κ2) is 7.04. The predicted octanol–water partition coefficient (Wildman–Crippen LogP) is 0.543. The van der Waals surface area contributed by atoms with Crippen molar-refractivity contribution in [2.75, 3.05) is 39.8 Å². The lowest BCUT2D eigenvalue weighted by Crippen LogP contribution is -2.45. The number of carbonyl (C=O) groups excluding carboxylic acids is 1. The molecule has 0 radical (unpaired) electrons. The normalized spacial score (nSPS) is 18.7. The maximum atomic E-state index is 12.1. The van der Waals surface area contributed by atoms with Crippen LogP contribution in [-0.2, 0) is 11.8 Å². The third kappa shape index (κ3) is 4.28. The van der Waals surface area contributed by atoms with E-state index in [-0.39, 0.29) is 11.9 Å². The van der Waals surface area contributed by atoms with Gasteiger partial charge in [0.2, 0.25) is 5.91 Å². The predicted molar refractivity (Wildman–Crippen MR) is 83.1 cm³/mol. The number of nitrogens with one attached hydrogen (secondary N) is 1. The highest BCUT2D eigenvalue weighted by Gasteiger charge is 2.17. The Kier molecular flexibility index (Phi) is 5.36. The lowest BCUT2D eigenvalue weighted by molar-refractivity contribution is -0.122. The molecule has 0 saturated carbocycles. The van der Waals surface area contributed by atoms with Crippen LogP contribution in [0.25, 0.3) is 0 Å². The Labute approximate surface area is 127 Å². The molecule has 6 heteroatoms. The van der Waals surface area contributed by atoms with Crippen LogP contribution < -0.4 is 5.32 Å². The highest BCUT2D eigenvalue weighted by atomic mass is 16.1. The molecule has 1 saturated heterocycles. The highest BCUT2D eigenvalue weighted by molar-refractivity contribution is 5.76. The fraction of sp³-hybridized carbons (Fsp3) is 0.733. The van der Waals surface area contributed by atoms with Crippen LogP contribution in [0.4, 0.5) is 0 Å². The quantitative estimate of drug-likeness (QED) is 0.861. The van der Waals surface area contributed by atoms with Gasteiger partial charge in [0.15, 0.2) is 0 Å². The zero-order valence-electron chi connectivity index (χ0n) is 13.6. The van der Waals surface area contributed by atoms with Crippen molar-refractivity contribution in [2.45, 2.75) is 26.3 Å². The van der Waals surface area contributed by atoms with Gasteiger partial charge in [-0.15, -0.1) is 0 Å². The van der Waals surface area contributed by atoms with Crippen LogP contribution in [0, 0.1) is 6.92 Å². The summed E-state index contributed by atoms with van der Waals surface area (Å²) in [6.45, 7) is 9.17. The third-order valence-corrected chi connectivity index (χ3v) is 4.37. The minimum Gasteiger partial charge on any atom is -0.349 e. The van der Waals surface area contributed by atoms with Gasteiger partial charge in [-0.2, -0.15) is 5.10 Å². The molecular weight excluding hydrogens is 266 g/mol. The van der Waals surface area contributed by atoms with Crippen molar-refractivity contribution in [2.24, 2.45) is 7.05 Å². The van der Waals surface area contributed by atoms with Gasteiger partial charge in [-0.05, 0) is 20.9 Å². The van der Waals surface area contributed by atoms with E-state index in [1.165, 1.54) is 0 Å². The van der Waals surface area contributed by atoms with Crippen molar-refractivity contribution in [1.29, 1.82) is 0 Å². The van der Waals surface area contributed by atoms with Crippen LogP contribution in [0.1, 0.15) is 30.6 Å². The number of aryl methyl sites for hydroxylation is 1. The Bertz CT molecular complexity index is 476. The van der Waals surface area contributed by atoms with Gasteiger partial charge in [-0.3, -0.25) is 9.48 Å². The van der Waals surface area contributed by atoms with E-state index >= 15 is 0 Å².